The molecule has 1 unspecified atom stereocenters. The van der Waals surface area contributed by atoms with E-state index in [4.69, 9.17) is 24.3 Å². The van der Waals surface area contributed by atoms with Crippen LogP contribution in [0.5, 0.6) is 0 Å². The number of ketones is 1. The topological polar surface area (TPSA) is 144 Å². The number of rotatable bonds is 5. The number of carbonyl (C=O) groups is 2. The Morgan fingerprint density at radius 3 is 2.50 bits per heavy atom. The number of H-pyrrole nitrogens is 1. The molecule has 244 valence electrons. The fraction of sp³-hybridized carbons (Fsp3) is 0.361. The minimum atomic E-state index is -1.10. The molecule has 5 aromatic rings. The van der Waals surface area contributed by atoms with E-state index in [9.17, 15) is 14.7 Å². The summed E-state index contributed by atoms with van der Waals surface area (Å²) < 4.78 is 14.5. The first-order chi connectivity index (χ1) is 23.0. The highest BCUT2D eigenvalue weighted by Crippen LogP contribution is 2.40. The third-order valence-corrected chi connectivity index (χ3v) is 10.6. The molecule has 1 amide bonds. The molecule has 0 saturated carbocycles. The SMILES string of the molecule is CC1(C)OB(c2ccc3nc(-c4ccc(-c5cnc([C@H]6CC(=O)C7c8c(ccn8C6)CC[C@@H]7NC(=O)O)[nH]5)cc4)cnc3c2)OC1(C)C. The summed E-state index contributed by atoms with van der Waals surface area (Å²) in [5.41, 5.74) is 7.23. The highest BCUT2D eigenvalue weighted by Gasteiger charge is 2.51. The lowest BCUT2D eigenvalue weighted by molar-refractivity contribution is -0.121. The van der Waals surface area contributed by atoms with Crippen LogP contribution in [0.2, 0.25) is 0 Å². The monoisotopic (exact) mass is 644 g/mol. The van der Waals surface area contributed by atoms with Crippen LogP contribution < -0.4 is 10.8 Å². The molecule has 3 aliphatic rings. The molecule has 3 atom stereocenters. The number of hydrogen-bond acceptors (Lipinski definition) is 7. The molecule has 1 saturated heterocycles. The van der Waals surface area contributed by atoms with Gasteiger partial charge in [0.15, 0.2) is 0 Å². The molecule has 11 nitrogen and oxygen atoms in total. The lowest BCUT2D eigenvalue weighted by atomic mass is 9.79. The number of nitrogens with one attached hydrogen (secondary N) is 2. The van der Waals surface area contributed by atoms with Gasteiger partial charge in [0.2, 0.25) is 0 Å². The Bertz CT molecular complexity index is 2050. The zero-order valence-electron chi connectivity index (χ0n) is 27.4. The number of aryl methyl sites for hydroxylation is 1. The number of nitrogens with zero attached hydrogens (tertiary/aromatic N) is 4. The first-order valence-corrected chi connectivity index (χ1v) is 16.4. The summed E-state index contributed by atoms with van der Waals surface area (Å²) in [5.74, 6) is 0.144. The molecule has 5 heterocycles. The fourth-order valence-electron chi connectivity index (χ4n) is 7.30. The van der Waals surface area contributed by atoms with Gasteiger partial charge in [-0.2, -0.15) is 0 Å². The fourth-order valence-corrected chi connectivity index (χ4v) is 7.30. The Balaban J connectivity index is 0.995. The minimum Gasteiger partial charge on any atom is -0.465 e. The van der Waals surface area contributed by atoms with Crippen LogP contribution in [0.1, 0.15) is 69.5 Å². The van der Waals surface area contributed by atoms with Gasteiger partial charge in [-0.05, 0) is 75.3 Å². The zero-order valence-corrected chi connectivity index (χ0v) is 27.4. The van der Waals surface area contributed by atoms with Crippen molar-refractivity contribution in [3.8, 4) is 22.5 Å². The highest BCUT2D eigenvalue weighted by atomic mass is 16.7. The van der Waals surface area contributed by atoms with Gasteiger partial charge in [-0.1, -0.05) is 30.3 Å². The van der Waals surface area contributed by atoms with Gasteiger partial charge in [-0.15, -0.1) is 0 Å². The van der Waals surface area contributed by atoms with E-state index in [0.717, 1.165) is 62.5 Å². The van der Waals surface area contributed by atoms with E-state index in [2.05, 4.69) is 20.9 Å². The number of carbonyl (C=O) groups excluding carboxylic acids is 1. The number of imidazole rings is 1. The van der Waals surface area contributed by atoms with Crippen molar-refractivity contribution < 1.29 is 24.0 Å². The van der Waals surface area contributed by atoms with Crippen LogP contribution in [0.3, 0.4) is 0 Å². The van der Waals surface area contributed by atoms with E-state index in [-0.39, 0.29) is 18.1 Å². The van der Waals surface area contributed by atoms with E-state index in [1.807, 2.05) is 76.4 Å². The molecule has 3 N–H and O–H groups in total. The molecule has 12 heteroatoms. The van der Waals surface area contributed by atoms with Crippen LogP contribution in [-0.4, -0.2) is 65.8 Å². The number of carboxylic acid groups (broad SMARTS) is 1. The number of amides is 1. The van der Waals surface area contributed by atoms with Crippen molar-refractivity contribution in [3.63, 3.8) is 0 Å². The van der Waals surface area contributed by atoms with Crippen LogP contribution in [0, 0.1) is 0 Å². The third-order valence-electron chi connectivity index (χ3n) is 10.6. The number of benzene rings is 2. The Kier molecular flexibility index (Phi) is 7.08. The lowest BCUT2D eigenvalue weighted by Crippen LogP contribution is -2.44. The summed E-state index contributed by atoms with van der Waals surface area (Å²) in [7, 11) is -0.459. The Morgan fingerprint density at radius 1 is 1.00 bits per heavy atom. The van der Waals surface area contributed by atoms with Gasteiger partial charge < -0.3 is 29.3 Å². The number of fused-ring (bicyclic) bond motifs is 1. The van der Waals surface area contributed by atoms with Gasteiger partial charge in [-0.3, -0.25) is 9.78 Å². The number of aromatic nitrogens is 5. The molecule has 0 spiro atoms. The standard InChI is InChI=1S/C36H37BN6O5/c1-35(2)36(3,4)48-37(47-35)24-10-12-25-27(16-24)38-17-28(40-25)20-5-7-21(8-6-20)29-18-39-33(41-29)23-15-30(44)31-26(42-34(45)46)11-9-22-13-14-43(19-23)32(22)31/h5-8,10,12-14,16-18,23,26,31,42H,9,11,15,19H2,1-4H3,(H,39,41)(H,45,46)/t23-,26-,31?/m0/s1. The van der Waals surface area contributed by atoms with Gasteiger partial charge in [0.25, 0.3) is 0 Å². The van der Waals surface area contributed by atoms with E-state index >= 15 is 0 Å². The Hall–Kier alpha value is -4.81. The quantitative estimate of drug-likeness (QED) is 0.221. The first-order valence-electron chi connectivity index (χ1n) is 16.4. The van der Waals surface area contributed by atoms with Gasteiger partial charge in [-0.25, -0.2) is 14.8 Å². The molecule has 2 aliphatic heterocycles. The van der Waals surface area contributed by atoms with Crippen molar-refractivity contribution in [2.45, 2.75) is 82.6 Å². The van der Waals surface area contributed by atoms with Crippen LogP contribution in [0.4, 0.5) is 4.79 Å². The maximum Gasteiger partial charge on any atom is 0.494 e. The molecular weight excluding hydrogens is 607 g/mol. The van der Waals surface area contributed by atoms with Gasteiger partial charge in [0, 0.05) is 42.4 Å². The van der Waals surface area contributed by atoms with Gasteiger partial charge in [0.05, 0.1) is 51.9 Å². The van der Waals surface area contributed by atoms with E-state index in [1.54, 1.807) is 12.4 Å². The van der Waals surface area contributed by atoms with E-state index < -0.39 is 36.4 Å². The van der Waals surface area contributed by atoms with Gasteiger partial charge in [0.1, 0.15) is 11.6 Å². The van der Waals surface area contributed by atoms with Crippen molar-refractivity contribution in [1.29, 1.82) is 0 Å². The van der Waals surface area contributed by atoms with Crippen molar-refractivity contribution >= 4 is 35.5 Å². The number of hydrogen-bond donors (Lipinski definition) is 3. The molecule has 8 rings (SSSR count). The third kappa shape index (κ3) is 5.19. The summed E-state index contributed by atoms with van der Waals surface area (Å²) in [5, 5.41) is 12.0. The van der Waals surface area contributed by atoms with E-state index in [0.29, 0.717) is 13.0 Å². The van der Waals surface area contributed by atoms with E-state index in [1.165, 1.54) is 0 Å². The van der Waals surface area contributed by atoms with Crippen LogP contribution in [-0.2, 0) is 27.1 Å². The predicted molar refractivity (Wildman–Crippen MR) is 181 cm³/mol. The molecule has 0 radical (unpaired) electrons. The average Bonchev–Trinajstić information content (AvgIpc) is 3.73. The normalized spacial score (nSPS) is 22.8. The molecule has 1 aliphatic carbocycles. The first kappa shape index (κ1) is 30.5. The molecule has 0 bridgehead atoms. The Morgan fingerprint density at radius 2 is 1.75 bits per heavy atom. The largest absolute Gasteiger partial charge is 0.494 e. The molecule has 3 aromatic heterocycles. The van der Waals surface area contributed by atoms with Crippen molar-refractivity contribution in [2.75, 3.05) is 0 Å². The summed E-state index contributed by atoms with van der Waals surface area (Å²) in [6, 6.07) is 15.6. The van der Waals surface area contributed by atoms with Crippen molar-refractivity contribution in [2.24, 2.45) is 0 Å². The second kappa shape index (κ2) is 11.1. The molecule has 2 aromatic carbocycles. The second-order valence-corrected chi connectivity index (χ2v) is 14.2. The lowest BCUT2D eigenvalue weighted by Gasteiger charge is -2.32. The number of aromatic amines is 1. The molecular formula is C36H37BN6O5. The zero-order chi connectivity index (χ0) is 33.4. The highest BCUT2D eigenvalue weighted by molar-refractivity contribution is 6.62. The van der Waals surface area contributed by atoms with Crippen molar-refractivity contribution in [1.82, 2.24) is 29.8 Å². The summed E-state index contributed by atoms with van der Waals surface area (Å²) in [4.78, 5) is 42.8. The predicted octanol–water partition coefficient (Wildman–Crippen LogP) is 5.21. The second-order valence-electron chi connectivity index (χ2n) is 14.2. The van der Waals surface area contributed by atoms with Gasteiger partial charge >= 0.3 is 13.2 Å². The van der Waals surface area contributed by atoms with Crippen molar-refractivity contribution in [3.05, 3.63) is 84.2 Å². The van der Waals surface area contributed by atoms with Crippen LogP contribution in [0.25, 0.3) is 33.5 Å². The van der Waals surface area contributed by atoms with Crippen LogP contribution in [0.15, 0.2) is 67.1 Å². The summed E-state index contributed by atoms with van der Waals surface area (Å²) in [6.45, 7) is 8.76. The minimum absolute atomic E-state index is 0.0419. The molecule has 48 heavy (non-hydrogen) atoms. The van der Waals surface area contributed by atoms with Crippen LogP contribution >= 0.6 is 0 Å². The summed E-state index contributed by atoms with van der Waals surface area (Å²) >= 11 is 0. The Labute approximate surface area is 278 Å². The number of Topliss-reactive ketones (excluding diaryl/α,β-unsaturated/α-hetero) is 1. The maximum atomic E-state index is 13.6. The summed E-state index contributed by atoms with van der Waals surface area (Å²) in [6.07, 6.45) is 6.15. The maximum absolute atomic E-state index is 13.6. The average molecular weight is 645 g/mol. The smallest absolute Gasteiger partial charge is 0.465 e. The molecule has 1 fully saturated rings.